The predicted molar refractivity (Wildman–Crippen MR) is 125 cm³/mol. The van der Waals surface area contributed by atoms with E-state index in [0.717, 1.165) is 16.0 Å². The molecule has 11 heteroatoms. The molecule has 2 aromatic rings. The minimum Gasteiger partial charge on any atom is -0.481 e. The maximum Gasteiger partial charge on any atom is 0.305 e. The van der Waals surface area contributed by atoms with Crippen molar-refractivity contribution in [2.75, 3.05) is 27.2 Å². The normalized spacial score (nSPS) is 16.9. The number of aliphatic carboxylic acids is 1. The summed E-state index contributed by atoms with van der Waals surface area (Å²) >= 11 is 7.17. The van der Waals surface area contributed by atoms with Crippen molar-refractivity contribution >= 4 is 46.6 Å². The molecule has 2 unspecified atom stereocenters. The van der Waals surface area contributed by atoms with E-state index >= 15 is 0 Å². The van der Waals surface area contributed by atoms with Gasteiger partial charge < -0.3 is 20.1 Å². The highest BCUT2D eigenvalue weighted by Gasteiger charge is 2.37. The molecule has 1 aliphatic heterocycles. The topological polar surface area (TPSA) is 123 Å². The lowest BCUT2D eigenvalue weighted by atomic mass is 10.0. The summed E-state index contributed by atoms with van der Waals surface area (Å²) in [7, 11) is 3.57. The Kier molecular flexibility index (Phi) is 8.06. The first-order valence-corrected chi connectivity index (χ1v) is 11.4. The van der Waals surface area contributed by atoms with Gasteiger partial charge in [0.25, 0.3) is 5.91 Å². The predicted octanol–water partition coefficient (Wildman–Crippen LogP) is 2.08. The highest BCUT2D eigenvalue weighted by Crippen LogP contribution is 2.30. The zero-order valence-corrected chi connectivity index (χ0v) is 19.8. The number of benzene rings is 1. The minimum absolute atomic E-state index is 0.123. The van der Waals surface area contributed by atoms with Gasteiger partial charge in [-0.15, -0.1) is 0 Å². The van der Waals surface area contributed by atoms with Gasteiger partial charge >= 0.3 is 5.97 Å². The Morgan fingerprint density at radius 2 is 2.00 bits per heavy atom. The van der Waals surface area contributed by atoms with Crippen LogP contribution in [0, 0.1) is 5.41 Å². The maximum absolute atomic E-state index is 13.4. The summed E-state index contributed by atoms with van der Waals surface area (Å²) in [5, 5.41) is 20.4. The fourth-order valence-corrected chi connectivity index (χ4v) is 4.33. The number of carboxylic acid groups (broad SMARTS) is 1. The fraction of sp³-hybridized carbons (Fsp3) is 0.364. The summed E-state index contributed by atoms with van der Waals surface area (Å²) < 4.78 is 6.44. The molecule has 1 fully saturated rings. The number of thiophene rings is 1. The summed E-state index contributed by atoms with van der Waals surface area (Å²) in [4.78, 5) is 40.0. The molecule has 1 aliphatic rings. The molecule has 9 nitrogen and oxygen atoms in total. The number of carboxylic acids is 1. The van der Waals surface area contributed by atoms with Crippen LogP contribution in [0.15, 0.2) is 36.4 Å². The number of ether oxygens (including phenoxy) is 1. The van der Waals surface area contributed by atoms with Crippen molar-refractivity contribution in [2.45, 2.75) is 25.0 Å². The maximum atomic E-state index is 13.4. The summed E-state index contributed by atoms with van der Waals surface area (Å²) in [5.41, 5.74) is 1.52. The van der Waals surface area contributed by atoms with E-state index in [9.17, 15) is 14.4 Å². The molecular formula is C22H25ClN4O5S. The van der Waals surface area contributed by atoms with Crippen LogP contribution in [-0.2, 0) is 20.8 Å². The van der Waals surface area contributed by atoms with E-state index in [4.69, 9.17) is 26.9 Å². The lowest BCUT2D eigenvalue weighted by Crippen LogP contribution is -2.60. The van der Waals surface area contributed by atoms with Crippen LogP contribution in [0.4, 0.5) is 0 Å². The van der Waals surface area contributed by atoms with Gasteiger partial charge in [0.15, 0.2) is 11.2 Å². The second-order valence-electron chi connectivity index (χ2n) is 7.74. The Labute approximate surface area is 200 Å². The number of nitrogens with one attached hydrogen (secondary N) is 2. The first kappa shape index (κ1) is 24.7. The Morgan fingerprint density at radius 1 is 1.30 bits per heavy atom. The molecule has 2 atom stereocenters. The van der Waals surface area contributed by atoms with Crippen LogP contribution in [0.2, 0.25) is 4.34 Å². The van der Waals surface area contributed by atoms with Crippen molar-refractivity contribution in [2.24, 2.45) is 0 Å². The van der Waals surface area contributed by atoms with Crippen LogP contribution in [0.5, 0.6) is 5.06 Å². The van der Waals surface area contributed by atoms with Crippen molar-refractivity contribution in [1.29, 1.82) is 5.41 Å². The Balaban J connectivity index is 1.81. The van der Waals surface area contributed by atoms with Gasteiger partial charge in [-0.2, -0.15) is 0 Å². The molecule has 2 heterocycles. The molecule has 3 rings (SSSR count). The zero-order chi connectivity index (χ0) is 24.1. The van der Waals surface area contributed by atoms with Crippen molar-refractivity contribution in [3.05, 3.63) is 51.9 Å². The van der Waals surface area contributed by atoms with E-state index in [1.807, 2.05) is 12.1 Å². The molecule has 0 saturated carbocycles. The number of halogens is 1. The number of carbonyl (C=O) groups excluding carboxylic acids is 2. The minimum atomic E-state index is -1.13. The first-order chi connectivity index (χ1) is 15.7. The molecule has 0 spiro atoms. The third-order valence-electron chi connectivity index (χ3n) is 5.11. The van der Waals surface area contributed by atoms with E-state index in [0.29, 0.717) is 21.8 Å². The second kappa shape index (κ2) is 10.8. The monoisotopic (exact) mass is 492 g/mol. The standard InChI is InChI=1S/C22H25ClN4O5S/c1-26(2)20(24)14-5-3-13(4-6-14)11-16(32-19-8-7-17(23)33-19)22(31)27-10-9-25-15(21(27)30)12-18(28)29/h3-8,15-16,24-25H,9-12H2,1-2H3,(H,28,29). The highest BCUT2D eigenvalue weighted by molar-refractivity contribution is 7.17. The van der Waals surface area contributed by atoms with Crippen molar-refractivity contribution in [1.82, 2.24) is 15.1 Å². The van der Waals surface area contributed by atoms with Crippen LogP contribution in [-0.4, -0.2) is 77.9 Å². The van der Waals surface area contributed by atoms with Crippen LogP contribution in [0.3, 0.4) is 0 Å². The smallest absolute Gasteiger partial charge is 0.305 e. The Hall–Kier alpha value is -2.95. The molecule has 3 N–H and O–H groups in total. The molecule has 176 valence electrons. The number of nitrogens with zero attached hydrogens (tertiary/aromatic N) is 2. The number of carbonyl (C=O) groups is 3. The number of rotatable bonds is 8. The molecule has 1 aromatic heterocycles. The van der Waals surface area contributed by atoms with Crippen LogP contribution >= 0.6 is 22.9 Å². The summed E-state index contributed by atoms with van der Waals surface area (Å²) in [6.07, 6.45) is -1.23. The average molecular weight is 493 g/mol. The Bertz CT molecular complexity index is 1040. The molecule has 33 heavy (non-hydrogen) atoms. The van der Waals surface area contributed by atoms with Gasteiger partial charge in [-0.25, -0.2) is 0 Å². The summed E-state index contributed by atoms with van der Waals surface area (Å²) in [6.45, 7) is 0.423. The SMILES string of the molecule is CN(C)C(=N)c1ccc(CC(Oc2ccc(Cl)s2)C(=O)N2CCNC(CC(=O)O)C2=O)cc1. The first-order valence-electron chi connectivity index (χ1n) is 10.2. The number of piperazine rings is 1. The van der Waals surface area contributed by atoms with Crippen LogP contribution in [0.25, 0.3) is 0 Å². The highest BCUT2D eigenvalue weighted by atomic mass is 35.5. The third kappa shape index (κ3) is 6.31. The van der Waals surface area contributed by atoms with E-state index in [-0.39, 0.29) is 13.0 Å². The summed E-state index contributed by atoms with van der Waals surface area (Å²) in [5.74, 6) is -1.89. The van der Waals surface area contributed by atoms with Gasteiger partial charge in [0.1, 0.15) is 5.84 Å². The van der Waals surface area contributed by atoms with Gasteiger partial charge in [-0.3, -0.25) is 24.7 Å². The largest absolute Gasteiger partial charge is 0.481 e. The van der Waals surface area contributed by atoms with E-state index < -0.39 is 36.4 Å². The molecule has 1 aromatic carbocycles. The second-order valence-corrected chi connectivity index (χ2v) is 9.42. The van der Waals surface area contributed by atoms with E-state index in [2.05, 4.69) is 5.32 Å². The Morgan fingerprint density at radius 3 is 2.58 bits per heavy atom. The van der Waals surface area contributed by atoms with E-state index in [1.165, 1.54) is 11.3 Å². The van der Waals surface area contributed by atoms with Crippen molar-refractivity contribution in [3.8, 4) is 5.06 Å². The summed E-state index contributed by atoms with van der Waals surface area (Å²) in [6, 6.07) is 9.55. The van der Waals surface area contributed by atoms with Gasteiger partial charge in [-0.05, 0) is 17.7 Å². The van der Waals surface area contributed by atoms with Gasteiger partial charge in [0.05, 0.1) is 16.8 Å². The number of amidine groups is 1. The van der Waals surface area contributed by atoms with Crippen molar-refractivity contribution < 1.29 is 24.2 Å². The van der Waals surface area contributed by atoms with Gasteiger partial charge in [0.2, 0.25) is 5.91 Å². The number of amides is 2. The average Bonchev–Trinajstić information content (AvgIpc) is 3.18. The van der Waals surface area contributed by atoms with Crippen LogP contribution < -0.4 is 10.1 Å². The third-order valence-corrected chi connectivity index (χ3v) is 6.24. The van der Waals surface area contributed by atoms with Gasteiger partial charge in [-0.1, -0.05) is 47.2 Å². The number of imide groups is 1. The molecule has 0 radical (unpaired) electrons. The lowest BCUT2D eigenvalue weighted by Gasteiger charge is -2.33. The quantitative estimate of drug-likeness (QED) is 0.381. The number of hydrogen-bond donors (Lipinski definition) is 3. The van der Waals surface area contributed by atoms with Crippen molar-refractivity contribution in [3.63, 3.8) is 0 Å². The molecule has 0 aliphatic carbocycles. The molecule has 2 amide bonds. The van der Waals surface area contributed by atoms with Crippen LogP contribution in [0.1, 0.15) is 17.5 Å². The zero-order valence-electron chi connectivity index (χ0n) is 18.2. The van der Waals surface area contributed by atoms with Gasteiger partial charge in [0, 0.05) is 39.2 Å². The lowest BCUT2D eigenvalue weighted by molar-refractivity contribution is -0.154. The molecular weight excluding hydrogens is 468 g/mol. The number of hydrogen-bond acceptors (Lipinski definition) is 7. The molecule has 0 bridgehead atoms. The van der Waals surface area contributed by atoms with E-state index in [1.54, 1.807) is 43.3 Å². The molecule has 1 saturated heterocycles. The fourth-order valence-electron chi connectivity index (χ4n) is 3.41.